The van der Waals surface area contributed by atoms with Crippen LogP contribution in [0.1, 0.15) is 36.2 Å². The number of nitrogens with zero attached hydrogens (tertiary/aromatic N) is 1. The summed E-state index contributed by atoms with van der Waals surface area (Å²) in [6.07, 6.45) is 3.77. The van der Waals surface area contributed by atoms with Gasteiger partial charge in [-0.15, -0.1) is 0 Å². The molecular formula is C22H26N2O3. The van der Waals surface area contributed by atoms with Crippen LogP contribution in [0, 0.1) is 18.8 Å². The smallest absolute Gasteiger partial charge is 0.337 e. The van der Waals surface area contributed by atoms with Gasteiger partial charge in [0.1, 0.15) is 0 Å². The second-order valence-corrected chi connectivity index (χ2v) is 8.24. The molecule has 5 nitrogen and oxygen atoms in total. The van der Waals surface area contributed by atoms with Crippen LogP contribution in [-0.4, -0.2) is 42.2 Å². The molecule has 3 aliphatic heterocycles. The number of rotatable bonds is 1. The number of carbonyl (C=O) groups is 1. The van der Waals surface area contributed by atoms with Crippen molar-refractivity contribution in [1.82, 2.24) is 9.88 Å². The second-order valence-electron chi connectivity index (χ2n) is 8.24. The maximum absolute atomic E-state index is 12.3. The molecule has 1 N–H and O–H groups in total. The van der Waals surface area contributed by atoms with E-state index < -0.39 is 0 Å². The molecule has 1 fully saturated rings. The Hall–Kier alpha value is -2.27. The summed E-state index contributed by atoms with van der Waals surface area (Å²) < 4.78 is 10.8. The highest BCUT2D eigenvalue weighted by atomic mass is 16.5. The number of esters is 1. The summed E-state index contributed by atoms with van der Waals surface area (Å²) in [5, 5.41) is 1.35. The molecule has 0 bridgehead atoms. The Kier molecular flexibility index (Phi) is 3.83. The number of H-pyrrole nitrogens is 1. The Labute approximate surface area is 159 Å². The van der Waals surface area contributed by atoms with Gasteiger partial charge in [-0.3, -0.25) is 4.90 Å². The number of hydrogen-bond donors (Lipinski definition) is 1. The molecule has 142 valence electrons. The van der Waals surface area contributed by atoms with E-state index in [0.717, 1.165) is 25.9 Å². The van der Waals surface area contributed by atoms with Gasteiger partial charge in [0.15, 0.2) is 0 Å². The zero-order valence-corrected chi connectivity index (χ0v) is 16.1. The van der Waals surface area contributed by atoms with Gasteiger partial charge in [-0.2, -0.15) is 0 Å². The van der Waals surface area contributed by atoms with Crippen LogP contribution < -0.4 is 0 Å². The lowest BCUT2D eigenvalue weighted by molar-refractivity contribution is -0.139. The van der Waals surface area contributed by atoms with E-state index in [9.17, 15) is 4.79 Å². The van der Waals surface area contributed by atoms with Gasteiger partial charge in [0.25, 0.3) is 0 Å². The van der Waals surface area contributed by atoms with E-state index in [-0.39, 0.29) is 18.0 Å². The van der Waals surface area contributed by atoms with E-state index in [4.69, 9.17) is 9.47 Å². The Morgan fingerprint density at radius 3 is 3.04 bits per heavy atom. The van der Waals surface area contributed by atoms with Gasteiger partial charge in [-0.1, -0.05) is 12.1 Å². The Morgan fingerprint density at radius 2 is 2.22 bits per heavy atom. The summed E-state index contributed by atoms with van der Waals surface area (Å²) in [5.41, 5.74) is 5.99. The van der Waals surface area contributed by atoms with E-state index in [1.54, 1.807) is 6.26 Å². The predicted octanol–water partition coefficient (Wildman–Crippen LogP) is 3.49. The molecular weight excluding hydrogens is 340 g/mol. The third kappa shape index (κ3) is 2.52. The maximum atomic E-state index is 12.3. The van der Waals surface area contributed by atoms with Crippen molar-refractivity contribution < 1.29 is 14.3 Å². The van der Waals surface area contributed by atoms with Gasteiger partial charge in [0.05, 0.1) is 31.1 Å². The Bertz CT molecular complexity index is 944. The first-order chi connectivity index (χ1) is 13.1. The number of nitrogens with one attached hydrogen (secondary N) is 1. The molecule has 4 heterocycles. The van der Waals surface area contributed by atoms with E-state index in [1.165, 1.54) is 34.8 Å². The lowest BCUT2D eigenvalue weighted by atomic mass is 9.72. The molecule has 2 aromatic rings. The van der Waals surface area contributed by atoms with Crippen molar-refractivity contribution in [3.63, 3.8) is 0 Å². The van der Waals surface area contributed by atoms with E-state index >= 15 is 0 Å². The van der Waals surface area contributed by atoms with Crippen LogP contribution in [0.5, 0.6) is 0 Å². The zero-order chi connectivity index (χ0) is 18.7. The molecule has 4 unspecified atom stereocenters. The third-order valence-electron chi connectivity index (χ3n) is 6.79. The molecule has 0 saturated carbocycles. The SMILES string of the molecule is COC(=O)C1=COC(C)C2CN3CCc4c([nH]c5cc(C)ccc45)C3CC12. The highest BCUT2D eigenvalue weighted by molar-refractivity contribution is 5.89. The van der Waals surface area contributed by atoms with Crippen LogP contribution in [-0.2, 0) is 20.7 Å². The average molecular weight is 366 g/mol. The molecule has 5 heteroatoms. The van der Waals surface area contributed by atoms with E-state index in [0.29, 0.717) is 17.5 Å². The zero-order valence-electron chi connectivity index (χ0n) is 16.1. The molecule has 1 aromatic carbocycles. The van der Waals surface area contributed by atoms with Crippen molar-refractivity contribution in [3.05, 3.63) is 46.9 Å². The van der Waals surface area contributed by atoms with Gasteiger partial charge < -0.3 is 14.5 Å². The number of aromatic amines is 1. The largest absolute Gasteiger partial charge is 0.497 e. The minimum Gasteiger partial charge on any atom is -0.497 e. The molecule has 0 spiro atoms. The minimum atomic E-state index is -0.256. The van der Waals surface area contributed by atoms with Crippen molar-refractivity contribution in [2.75, 3.05) is 20.2 Å². The van der Waals surface area contributed by atoms with Crippen molar-refractivity contribution in [1.29, 1.82) is 0 Å². The van der Waals surface area contributed by atoms with Crippen molar-refractivity contribution >= 4 is 16.9 Å². The number of benzene rings is 1. The number of methoxy groups -OCH3 is 1. The molecule has 4 atom stereocenters. The van der Waals surface area contributed by atoms with Gasteiger partial charge in [0.2, 0.25) is 0 Å². The fourth-order valence-corrected chi connectivity index (χ4v) is 5.36. The standard InChI is InChI=1S/C22H26N2O3/c1-12-4-5-14-15-6-7-24-10-17-13(2)27-11-18(22(25)26-3)16(17)9-20(24)21(15)23-19(14)8-12/h4-5,8,11,13,16-17,20,23H,6-7,9-10H2,1-3H3. The van der Waals surface area contributed by atoms with Crippen LogP contribution in [0.3, 0.4) is 0 Å². The highest BCUT2D eigenvalue weighted by Gasteiger charge is 2.46. The number of aromatic nitrogens is 1. The fourth-order valence-electron chi connectivity index (χ4n) is 5.36. The van der Waals surface area contributed by atoms with E-state index in [2.05, 4.69) is 41.9 Å². The van der Waals surface area contributed by atoms with Crippen molar-refractivity contribution in [2.24, 2.45) is 11.8 Å². The highest BCUT2D eigenvalue weighted by Crippen LogP contribution is 2.47. The van der Waals surface area contributed by atoms with Crippen LogP contribution >= 0.6 is 0 Å². The topological polar surface area (TPSA) is 54.6 Å². The predicted molar refractivity (Wildman–Crippen MR) is 103 cm³/mol. The molecule has 1 aromatic heterocycles. The first-order valence-electron chi connectivity index (χ1n) is 9.85. The summed E-state index contributed by atoms with van der Waals surface area (Å²) in [7, 11) is 1.45. The van der Waals surface area contributed by atoms with Crippen LogP contribution in [0.2, 0.25) is 0 Å². The normalized spacial score (nSPS) is 30.0. The maximum Gasteiger partial charge on any atom is 0.337 e. The van der Waals surface area contributed by atoms with Gasteiger partial charge >= 0.3 is 5.97 Å². The first-order valence-corrected chi connectivity index (χ1v) is 9.85. The molecule has 3 aliphatic rings. The monoisotopic (exact) mass is 366 g/mol. The second kappa shape index (κ2) is 6.13. The van der Waals surface area contributed by atoms with Crippen molar-refractivity contribution in [2.45, 2.75) is 38.8 Å². The molecule has 1 saturated heterocycles. The fraction of sp³-hybridized carbons (Fsp3) is 0.500. The van der Waals surface area contributed by atoms with Gasteiger partial charge in [0, 0.05) is 41.5 Å². The van der Waals surface area contributed by atoms with Crippen LogP contribution in [0.15, 0.2) is 30.0 Å². The quantitative estimate of drug-likeness (QED) is 0.785. The van der Waals surface area contributed by atoms with Crippen LogP contribution in [0.25, 0.3) is 10.9 Å². The Balaban J connectivity index is 1.55. The number of carbonyl (C=O) groups excluding carboxylic acids is 1. The average Bonchev–Trinajstić information content (AvgIpc) is 3.04. The number of piperidine rings is 1. The summed E-state index contributed by atoms with van der Waals surface area (Å²) in [5.74, 6) is 0.253. The van der Waals surface area contributed by atoms with Crippen LogP contribution in [0.4, 0.5) is 0 Å². The summed E-state index contributed by atoms with van der Waals surface area (Å²) in [4.78, 5) is 18.6. The number of aryl methyl sites for hydroxylation is 1. The lowest BCUT2D eigenvalue weighted by Gasteiger charge is -2.49. The molecule has 0 aliphatic carbocycles. The van der Waals surface area contributed by atoms with Crippen molar-refractivity contribution in [3.8, 4) is 0 Å². The summed E-state index contributed by atoms with van der Waals surface area (Å²) in [6.45, 7) is 6.27. The number of hydrogen-bond acceptors (Lipinski definition) is 4. The number of fused-ring (bicyclic) bond motifs is 6. The lowest BCUT2D eigenvalue weighted by Crippen LogP contribution is -2.51. The summed E-state index contributed by atoms with van der Waals surface area (Å²) >= 11 is 0. The minimum absolute atomic E-state index is 0.121. The molecule has 0 amide bonds. The first kappa shape index (κ1) is 16.9. The summed E-state index contributed by atoms with van der Waals surface area (Å²) in [6, 6.07) is 7.00. The molecule has 0 radical (unpaired) electrons. The molecule has 5 rings (SSSR count). The van der Waals surface area contributed by atoms with Gasteiger partial charge in [-0.25, -0.2) is 4.79 Å². The van der Waals surface area contributed by atoms with Gasteiger partial charge in [-0.05, 0) is 43.9 Å². The number of ether oxygens (including phenoxy) is 2. The Morgan fingerprint density at radius 1 is 1.37 bits per heavy atom. The third-order valence-corrected chi connectivity index (χ3v) is 6.79. The van der Waals surface area contributed by atoms with E-state index in [1.807, 2.05) is 0 Å². The molecule has 27 heavy (non-hydrogen) atoms.